The molecule has 0 amide bonds. The van der Waals surface area contributed by atoms with Crippen molar-refractivity contribution >= 4 is 16.0 Å². The summed E-state index contributed by atoms with van der Waals surface area (Å²) in [5, 5.41) is 9.18. The minimum Gasteiger partial charge on any atom is -0.480 e. The summed E-state index contributed by atoms with van der Waals surface area (Å²) in [6, 6.07) is 6.61. The van der Waals surface area contributed by atoms with Gasteiger partial charge in [0.1, 0.15) is 6.04 Å². The topological polar surface area (TPSA) is 92.7 Å². The standard InChI is InChI=1S/C13H17NO5S/c15-13(16)12(8-10-6-7-19-9-10)14-20(17,18)11-4-2-1-3-5-11/h1-5,10,12,14H,6-9H2,(H,15,16). The Kier molecular flexibility index (Phi) is 4.74. The highest BCUT2D eigenvalue weighted by atomic mass is 32.2. The van der Waals surface area contributed by atoms with Crippen molar-refractivity contribution in [2.24, 2.45) is 5.92 Å². The number of nitrogens with one attached hydrogen (secondary N) is 1. The molecule has 1 aliphatic rings. The Morgan fingerprint density at radius 1 is 1.40 bits per heavy atom. The monoisotopic (exact) mass is 299 g/mol. The molecule has 1 fully saturated rings. The molecule has 20 heavy (non-hydrogen) atoms. The molecule has 1 aliphatic heterocycles. The van der Waals surface area contributed by atoms with E-state index in [2.05, 4.69) is 4.72 Å². The van der Waals surface area contributed by atoms with E-state index in [9.17, 15) is 18.3 Å². The first kappa shape index (κ1) is 15.0. The lowest BCUT2D eigenvalue weighted by Gasteiger charge is -2.17. The van der Waals surface area contributed by atoms with E-state index in [0.717, 1.165) is 6.42 Å². The maximum absolute atomic E-state index is 12.1. The summed E-state index contributed by atoms with van der Waals surface area (Å²) in [6.45, 7) is 1.08. The van der Waals surface area contributed by atoms with Crippen molar-refractivity contribution in [1.82, 2.24) is 4.72 Å². The van der Waals surface area contributed by atoms with Gasteiger partial charge in [0.05, 0.1) is 4.90 Å². The third kappa shape index (κ3) is 3.78. The second-order valence-electron chi connectivity index (χ2n) is 4.79. The maximum Gasteiger partial charge on any atom is 0.321 e. The van der Waals surface area contributed by atoms with Crippen LogP contribution in [-0.2, 0) is 19.6 Å². The van der Waals surface area contributed by atoms with Gasteiger partial charge in [-0.15, -0.1) is 0 Å². The van der Waals surface area contributed by atoms with Crippen molar-refractivity contribution in [3.05, 3.63) is 30.3 Å². The number of carboxylic acid groups (broad SMARTS) is 1. The quantitative estimate of drug-likeness (QED) is 0.812. The van der Waals surface area contributed by atoms with Crippen LogP contribution in [0, 0.1) is 5.92 Å². The van der Waals surface area contributed by atoms with Crippen LogP contribution in [0.5, 0.6) is 0 Å². The summed E-state index contributed by atoms with van der Waals surface area (Å²) < 4.78 is 31.7. The van der Waals surface area contributed by atoms with Gasteiger partial charge in [0, 0.05) is 13.2 Å². The number of benzene rings is 1. The predicted octanol–water partition coefficient (Wildman–Crippen LogP) is 0.845. The summed E-state index contributed by atoms with van der Waals surface area (Å²) in [7, 11) is -3.82. The molecule has 2 unspecified atom stereocenters. The van der Waals surface area contributed by atoms with E-state index >= 15 is 0 Å². The minimum absolute atomic E-state index is 0.0638. The van der Waals surface area contributed by atoms with Gasteiger partial charge in [-0.25, -0.2) is 8.42 Å². The fourth-order valence-electron chi connectivity index (χ4n) is 2.16. The Morgan fingerprint density at radius 2 is 2.10 bits per heavy atom. The van der Waals surface area contributed by atoms with Crippen LogP contribution in [0.2, 0.25) is 0 Å². The molecule has 0 saturated carbocycles. The van der Waals surface area contributed by atoms with Gasteiger partial charge >= 0.3 is 5.97 Å². The molecule has 1 saturated heterocycles. The van der Waals surface area contributed by atoms with Gasteiger partial charge in [0.15, 0.2) is 0 Å². The molecular formula is C13H17NO5S. The van der Waals surface area contributed by atoms with Gasteiger partial charge in [-0.1, -0.05) is 18.2 Å². The second kappa shape index (κ2) is 6.34. The lowest BCUT2D eigenvalue weighted by molar-refractivity contribution is -0.139. The van der Waals surface area contributed by atoms with Crippen LogP contribution in [0.15, 0.2) is 35.2 Å². The fraction of sp³-hybridized carbons (Fsp3) is 0.462. The molecule has 2 atom stereocenters. The molecule has 7 heteroatoms. The van der Waals surface area contributed by atoms with Crippen LogP contribution < -0.4 is 4.72 Å². The van der Waals surface area contributed by atoms with E-state index in [-0.39, 0.29) is 17.2 Å². The average Bonchev–Trinajstić information content (AvgIpc) is 2.91. The van der Waals surface area contributed by atoms with Crippen LogP contribution in [0.3, 0.4) is 0 Å². The Hall–Kier alpha value is -1.44. The smallest absolute Gasteiger partial charge is 0.321 e. The first-order valence-corrected chi connectivity index (χ1v) is 7.85. The molecule has 0 aliphatic carbocycles. The number of hydrogen-bond donors (Lipinski definition) is 2. The highest BCUT2D eigenvalue weighted by Gasteiger charge is 2.29. The summed E-state index contributed by atoms with van der Waals surface area (Å²) in [5.41, 5.74) is 0. The number of aliphatic carboxylic acids is 1. The van der Waals surface area contributed by atoms with Crippen molar-refractivity contribution in [3.8, 4) is 0 Å². The first-order chi connectivity index (χ1) is 9.49. The summed E-state index contributed by atoms with van der Waals surface area (Å²) in [4.78, 5) is 11.3. The molecule has 0 radical (unpaired) electrons. The number of rotatable bonds is 6. The van der Waals surface area contributed by atoms with Gasteiger partial charge in [-0.2, -0.15) is 4.72 Å². The summed E-state index contributed by atoms with van der Waals surface area (Å²) in [6.07, 6.45) is 0.998. The SMILES string of the molecule is O=C(O)C(CC1CCOC1)NS(=O)(=O)c1ccccc1. The zero-order chi connectivity index (χ0) is 14.6. The van der Waals surface area contributed by atoms with Crippen LogP contribution in [0.25, 0.3) is 0 Å². The molecule has 0 aromatic heterocycles. The zero-order valence-corrected chi connectivity index (χ0v) is 11.7. The van der Waals surface area contributed by atoms with Crippen LogP contribution in [0.1, 0.15) is 12.8 Å². The maximum atomic E-state index is 12.1. The summed E-state index contributed by atoms with van der Waals surface area (Å²) in [5.74, 6) is -1.09. The lowest BCUT2D eigenvalue weighted by atomic mass is 10.00. The Morgan fingerprint density at radius 3 is 2.65 bits per heavy atom. The van der Waals surface area contributed by atoms with Crippen LogP contribution >= 0.6 is 0 Å². The van der Waals surface area contributed by atoms with Crippen molar-refractivity contribution in [2.75, 3.05) is 13.2 Å². The molecule has 0 bridgehead atoms. The van der Waals surface area contributed by atoms with E-state index in [1.807, 2.05) is 0 Å². The third-order valence-electron chi connectivity index (χ3n) is 3.24. The van der Waals surface area contributed by atoms with Crippen LogP contribution in [0.4, 0.5) is 0 Å². The molecule has 2 N–H and O–H groups in total. The molecule has 110 valence electrons. The molecule has 2 rings (SSSR count). The van der Waals surface area contributed by atoms with Gasteiger partial charge in [0.25, 0.3) is 0 Å². The largest absolute Gasteiger partial charge is 0.480 e. The number of ether oxygens (including phenoxy) is 1. The average molecular weight is 299 g/mol. The number of carboxylic acids is 1. The number of sulfonamides is 1. The predicted molar refractivity (Wildman–Crippen MR) is 71.7 cm³/mol. The molecule has 1 aromatic carbocycles. The van der Waals surface area contributed by atoms with Gasteiger partial charge < -0.3 is 9.84 Å². The lowest BCUT2D eigenvalue weighted by Crippen LogP contribution is -2.42. The third-order valence-corrected chi connectivity index (χ3v) is 4.73. The zero-order valence-electron chi connectivity index (χ0n) is 10.9. The minimum atomic E-state index is -3.82. The highest BCUT2D eigenvalue weighted by molar-refractivity contribution is 7.89. The second-order valence-corrected chi connectivity index (χ2v) is 6.50. The van der Waals surface area contributed by atoms with Gasteiger partial charge in [-0.05, 0) is 30.9 Å². The molecule has 1 heterocycles. The molecular weight excluding hydrogens is 282 g/mol. The summed E-state index contributed by atoms with van der Waals surface area (Å²) >= 11 is 0. The fourth-order valence-corrected chi connectivity index (χ4v) is 3.38. The van der Waals surface area contributed by atoms with Gasteiger partial charge in [0.2, 0.25) is 10.0 Å². The van der Waals surface area contributed by atoms with Crippen molar-refractivity contribution in [1.29, 1.82) is 0 Å². The molecule has 6 nitrogen and oxygen atoms in total. The normalized spacial score (nSPS) is 20.7. The Labute approximate surface area is 117 Å². The Balaban J connectivity index is 2.09. The molecule has 1 aromatic rings. The van der Waals surface area contributed by atoms with Gasteiger partial charge in [-0.3, -0.25) is 4.79 Å². The van der Waals surface area contributed by atoms with Crippen molar-refractivity contribution < 1.29 is 23.1 Å². The number of carbonyl (C=O) groups is 1. The molecule has 0 spiro atoms. The van der Waals surface area contributed by atoms with E-state index in [0.29, 0.717) is 13.2 Å². The number of hydrogen-bond acceptors (Lipinski definition) is 4. The van der Waals surface area contributed by atoms with E-state index in [4.69, 9.17) is 4.74 Å². The van der Waals surface area contributed by atoms with E-state index in [1.54, 1.807) is 18.2 Å². The van der Waals surface area contributed by atoms with E-state index < -0.39 is 22.0 Å². The Bertz CT molecular complexity index is 551. The first-order valence-electron chi connectivity index (χ1n) is 6.37. The highest BCUT2D eigenvalue weighted by Crippen LogP contribution is 2.19. The van der Waals surface area contributed by atoms with Crippen molar-refractivity contribution in [3.63, 3.8) is 0 Å². The van der Waals surface area contributed by atoms with E-state index in [1.165, 1.54) is 12.1 Å². The van der Waals surface area contributed by atoms with Crippen LogP contribution in [-0.4, -0.2) is 38.7 Å². The van der Waals surface area contributed by atoms with Crippen molar-refractivity contribution in [2.45, 2.75) is 23.8 Å².